The molecule has 0 heterocycles. The van der Waals surface area contributed by atoms with E-state index in [1.807, 2.05) is 0 Å². The summed E-state index contributed by atoms with van der Waals surface area (Å²) in [6.45, 7) is 0. The summed E-state index contributed by atoms with van der Waals surface area (Å²) >= 11 is 92.2. The molecule has 0 atom stereocenters. The van der Waals surface area contributed by atoms with Crippen LogP contribution in [-0.4, -0.2) is 0 Å². The quantitative estimate of drug-likeness (QED) is 0.0907. The van der Waals surface area contributed by atoms with Gasteiger partial charge in [0.15, 0.2) is 0 Å². The van der Waals surface area contributed by atoms with Crippen molar-refractivity contribution in [2.45, 2.75) is 0 Å². The van der Waals surface area contributed by atoms with Crippen LogP contribution >= 0.6 is 162 Å². The van der Waals surface area contributed by atoms with Crippen LogP contribution in [0.1, 0.15) is 0 Å². The Bertz CT molecular complexity index is 1770. The lowest BCUT2D eigenvalue weighted by Crippen LogP contribution is -1.97. The van der Waals surface area contributed by atoms with Crippen molar-refractivity contribution in [3.05, 3.63) is 70.3 Å². The molecule has 0 nitrogen and oxygen atoms in total. The minimum Gasteiger partial charge on any atom is -0.0820 e. The lowest BCUT2D eigenvalue weighted by Gasteiger charge is -2.24. The molecule has 186 valence electrons. The Morgan fingerprint density at radius 2 is 0.389 bits per heavy atom. The van der Waals surface area contributed by atoms with Crippen molar-refractivity contribution in [3.8, 4) is 11.1 Å². The fourth-order valence-corrected chi connectivity index (χ4v) is 8.16. The normalized spacial score (nSPS) is 12.2. The van der Waals surface area contributed by atoms with Crippen molar-refractivity contribution in [2.24, 2.45) is 0 Å². The topological polar surface area (TPSA) is 0 Å². The van der Waals surface area contributed by atoms with E-state index in [0.717, 1.165) is 0 Å². The summed E-state index contributed by atoms with van der Waals surface area (Å²) in [6.07, 6.45) is 0. The van der Waals surface area contributed by atoms with E-state index in [4.69, 9.17) is 162 Å². The van der Waals surface area contributed by atoms with Gasteiger partial charge in [-0.1, -0.05) is 162 Å². The van der Waals surface area contributed by atoms with Gasteiger partial charge in [0.2, 0.25) is 0 Å². The molecule has 0 aliphatic carbocycles. The Kier molecular flexibility index (Phi) is 7.92. The Morgan fingerprint density at radius 1 is 0.167 bits per heavy atom. The van der Waals surface area contributed by atoms with E-state index < -0.39 is 0 Å². The van der Waals surface area contributed by atoms with Crippen molar-refractivity contribution in [1.29, 1.82) is 0 Å². The van der Waals surface area contributed by atoms with Crippen LogP contribution in [0, 0.1) is 0 Å². The first-order valence-corrected chi connectivity index (χ1v) is 14.4. The molecule has 0 spiro atoms. The van der Waals surface area contributed by atoms with Gasteiger partial charge in [0, 0.05) is 43.4 Å². The highest BCUT2D eigenvalue weighted by Gasteiger charge is 2.33. The summed E-state index contributed by atoms with van der Waals surface area (Å²) in [5.41, 5.74) is 0.276. The highest BCUT2D eigenvalue weighted by atomic mass is 35.5. The molecule has 36 heavy (non-hydrogen) atoms. The Balaban J connectivity index is 2.25. The van der Waals surface area contributed by atoms with Crippen LogP contribution in [0.2, 0.25) is 70.3 Å². The first kappa shape index (κ1) is 28.7. The van der Waals surface area contributed by atoms with Gasteiger partial charge in [-0.25, -0.2) is 0 Å². The van der Waals surface area contributed by atoms with Crippen LogP contribution in [0.5, 0.6) is 0 Å². The lowest BCUT2D eigenvalue weighted by molar-refractivity contribution is 1.65. The zero-order valence-corrected chi connectivity index (χ0v) is 26.9. The van der Waals surface area contributed by atoms with E-state index in [1.54, 1.807) is 0 Å². The maximum atomic E-state index is 6.86. The molecule has 5 rings (SSSR count). The van der Waals surface area contributed by atoms with Crippen LogP contribution < -0.4 is 0 Å². The molecule has 0 aliphatic rings. The summed E-state index contributed by atoms with van der Waals surface area (Å²) in [5, 5.41) is 1.73. The van der Waals surface area contributed by atoms with Gasteiger partial charge in [-0.15, -0.1) is 0 Å². The zero-order chi connectivity index (χ0) is 26.7. The molecule has 0 aliphatic heterocycles. The monoisotopic (exact) mass is 754 g/mol. The predicted molar refractivity (Wildman–Crippen MR) is 166 cm³/mol. The molecule has 5 aromatic rings. The molecule has 0 amide bonds. The number of benzene rings is 5. The van der Waals surface area contributed by atoms with Crippen LogP contribution in [0.15, 0.2) is 0 Å². The minimum atomic E-state index is -0.0678. The third-order valence-corrected chi connectivity index (χ3v) is 11.8. The highest BCUT2D eigenvalue weighted by molar-refractivity contribution is 6.65. The summed E-state index contributed by atoms with van der Waals surface area (Å²) in [6, 6.07) is 0. The molecular weight excluding hydrogens is 761 g/mol. The lowest BCUT2D eigenvalue weighted by atomic mass is 9.89. The van der Waals surface area contributed by atoms with Crippen molar-refractivity contribution in [1.82, 2.24) is 0 Å². The Labute approximate surface area is 273 Å². The van der Waals surface area contributed by atoms with Crippen molar-refractivity contribution < 1.29 is 0 Å². The predicted octanol–water partition coefficient (Wildman–Crippen LogP) is 15.4. The van der Waals surface area contributed by atoms with Crippen LogP contribution in [-0.2, 0) is 0 Å². The number of rotatable bonds is 1. The smallest absolute Gasteiger partial charge is 0.0809 e. The number of hydrogen-bond donors (Lipinski definition) is 0. The zero-order valence-electron chi connectivity index (χ0n) is 16.3. The first-order chi connectivity index (χ1) is 16.7. The summed E-state index contributed by atoms with van der Waals surface area (Å²) in [7, 11) is 0. The summed E-state index contributed by atoms with van der Waals surface area (Å²) in [5.74, 6) is 0. The van der Waals surface area contributed by atoms with Crippen molar-refractivity contribution in [2.75, 3.05) is 0 Å². The molecule has 0 N–H and O–H groups in total. The maximum absolute atomic E-state index is 6.86. The molecule has 0 saturated heterocycles. The molecule has 0 saturated carbocycles. The van der Waals surface area contributed by atoms with Crippen LogP contribution in [0.4, 0.5) is 0 Å². The average molecular weight is 761 g/mol. The minimum absolute atomic E-state index is 0.00387. The van der Waals surface area contributed by atoms with E-state index in [-0.39, 0.29) is 103 Å². The van der Waals surface area contributed by atoms with Crippen molar-refractivity contribution >= 4 is 195 Å². The van der Waals surface area contributed by atoms with Gasteiger partial charge in [0.1, 0.15) is 0 Å². The third-order valence-electron chi connectivity index (χ3n) is 5.68. The molecule has 0 fully saturated rings. The number of hydrogen-bond acceptors (Lipinski definition) is 0. The van der Waals surface area contributed by atoms with Crippen LogP contribution in [0.3, 0.4) is 0 Å². The molecule has 0 radical (unpaired) electrons. The van der Waals surface area contributed by atoms with Gasteiger partial charge in [0.25, 0.3) is 0 Å². The fraction of sp³-hybridized carbons (Fsp3) is 0. The standard InChI is InChI=1S/C22Cl14/c23-9-3-1-2-6(12(9)26)15(29)19(33)16(30)7(2)14(28)13(27)5(1)11(25)10(24)4(3)8-17(31)20(34)22(36)21(35)18(8)32. The van der Waals surface area contributed by atoms with Gasteiger partial charge in [0.05, 0.1) is 70.3 Å². The second-order valence-electron chi connectivity index (χ2n) is 7.40. The van der Waals surface area contributed by atoms with Crippen LogP contribution in [0.25, 0.3) is 43.4 Å². The van der Waals surface area contributed by atoms with Gasteiger partial charge in [-0.2, -0.15) is 0 Å². The second kappa shape index (κ2) is 9.93. The molecule has 0 bridgehead atoms. The molecule has 0 unspecified atom stereocenters. The molecule has 0 aromatic heterocycles. The molecule has 5 aromatic carbocycles. The molecule has 14 heteroatoms. The van der Waals surface area contributed by atoms with Gasteiger partial charge in [-0.05, 0) is 0 Å². The largest absolute Gasteiger partial charge is 0.0820 e. The van der Waals surface area contributed by atoms with Gasteiger partial charge in [-0.3, -0.25) is 0 Å². The van der Waals surface area contributed by atoms with Gasteiger partial charge < -0.3 is 0 Å². The highest BCUT2D eigenvalue weighted by Crippen LogP contribution is 2.61. The molecular formula is C22Cl14. The average Bonchev–Trinajstić information content (AvgIpc) is 2.84. The van der Waals surface area contributed by atoms with E-state index >= 15 is 0 Å². The second-order valence-corrected chi connectivity index (χ2v) is 12.7. The maximum Gasteiger partial charge on any atom is 0.0809 e. The SMILES string of the molecule is Clc1c(Cl)c(Cl)c(-c2c(Cl)c(Cl)c3c(Cl)c(Cl)c4c(Cl)c(Cl)c(Cl)c5c(Cl)c(Cl)c2c3c45)c(Cl)c1Cl. The fourth-order valence-electron chi connectivity index (χ4n) is 4.19. The van der Waals surface area contributed by atoms with E-state index in [1.165, 1.54) is 0 Å². The number of halogens is 14. The first-order valence-electron chi connectivity index (χ1n) is 9.15. The third kappa shape index (κ3) is 3.72. The van der Waals surface area contributed by atoms with E-state index in [2.05, 4.69) is 0 Å². The Hall–Kier alpha value is 1.20. The van der Waals surface area contributed by atoms with Gasteiger partial charge >= 0.3 is 0 Å². The van der Waals surface area contributed by atoms with E-state index in [9.17, 15) is 0 Å². The summed E-state index contributed by atoms with van der Waals surface area (Å²) < 4.78 is 0. The Morgan fingerprint density at radius 3 is 0.806 bits per heavy atom. The van der Waals surface area contributed by atoms with Crippen molar-refractivity contribution in [3.63, 3.8) is 0 Å². The summed E-state index contributed by atoms with van der Waals surface area (Å²) in [4.78, 5) is 0. The van der Waals surface area contributed by atoms with E-state index in [0.29, 0.717) is 10.8 Å².